The van der Waals surface area contributed by atoms with Crippen LogP contribution in [0.25, 0.3) is 0 Å². The van der Waals surface area contributed by atoms with E-state index in [2.05, 4.69) is 135 Å². The average molecular weight is 1750 g/mol. The summed E-state index contributed by atoms with van der Waals surface area (Å²) in [7, 11) is -3.65. The second-order valence-corrected chi connectivity index (χ2v) is 42.1. The van der Waals surface area contributed by atoms with Gasteiger partial charge in [0.05, 0.1) is 32.6 Å². The molecule has 0 amide bonds. The molecule has 16 saturated carbocycles. The van der Waals surface area contributed by atoms with Crippen LogP contribution in [-0.2, 0) is 89.6 Å². The molecule has 25 heteroatoms. The molecule has 6 aromatic rings. The molecule has 0 aliphatic heterocycles. The van der Waals surface area contributed by atoms with Gasteiger partial charge in [-0.15, -0.1) is 12.6 Å². The van der Waals surface area contributed by atoms with Crippen molar-refractivity contribution in [3.8, 4) is 11.5 Å². The van der Waals surface area contributed by atoms with Crippen LogP contribution in [0.4, 0.5) is 17.6 Å². The molecule has 6 aromatic carbocycles. The molecule has 0 heterocycles. The number of benzene rings is 6. The van der Waals surface area contributed by atoms with Gasteiger partial charge in [-0.3, -0.25) is 9.59 Å². The Hall–Kier alpha value is -7.22. The van der Waals surface area contributed by atoms with Crippen molar-refractivity contribution in [1.29, 1.82) is 0 Å². The third-order valence-electron chi connectivity index (χ3n) is 28.5. The summed E-state index contributed by atoms with van der Waals surface area (Å²) < 4.78 is 119. The van der Waals surface area contributed by atoms with Gasteiger partial charge in [0.25, 0.3) is 5.92 Å². The van der Waals surface area contributed by atoms with Crippen LogP contribution in [0.3, 0.4) is 0 Å². The Labute approximate surface area is 744 Å². The van der Waals surface area contributed by atoms with Gasteiger partial charge in [0, 0.05) is 44.2 Å². The minimum absolute atomic E-state index is 0. The Morgan fingerprint density at radius 3 is 0.893 bits per heavy atom. The first-order valence-corrected chi connectivity index (χ1v) is 46.8. The van der Waals surface area contributed by atoms with Crippen molar-refractivity contribution in [3.05, 3.63) is 174 Å². The molecular weight excluding hydrogens is 1630 g/mol. The number of alkyl halides is 2. The molecule has 16 aliphatic rings. The van der Waals surface area contributed by atoms with Gasteiger partial charge in [0.2, 0.25) is 0 Å². The minimum atomic E-state index is -3.11. The SMILES string of the molecule is CC(F)(F)COC(=O)C12CC3CC(CC(C3)C1)C2.Cc1cc([S+](c2ccccc2)c2ccccc2)cc(C)c1OCC(=O)OCC(=O)OC1(C)C2CC3CC(C2)CC1C3.Cc1cc([S+](c2ccccc2)c2ccccc2)cc(C)c1OCC(=O)OCC(=O)OC1(C)C2CC3CC(C2)CC1C3.O=C(OC[C-](F)F)C12CC3CC(CC(C3)C1)C2.O=S(=O)=O.[Na+]. The van der Waals surface area contributed by atoms with Gasteiger partial charge in [-0.1, -0.05) is 72.8 Å². The number of hydrogen-bond acceptors (Lipinski definition) is 17. The van der Waals surface area contributed by atoms with Crippen LogP contribution in [0.5, 0.6) is 11.5 Å². The molecule has 0 N–H and O–H groups in total. The molecule has 16 bridgehead atoms. The summed E-state index contributed by atoms with van der Waals surface area (Å²) in [4.78, 5) is 82.1. The van der Waals surface area contributed by atoms with Crippen LogP contribution in [0, 0.1) is 128 Å². The first-order chi connectivity index (χ1) is 57.8. The molecule has 0 aromatic heterocycles. The number of aryl methyl sites for hydroxylation is 4. The maximum Gasteiger partial charge on any atom is 1.00 e. The predicted molar refractivity (Wildman–Crippen MR) is 447 cm³/mol. The van der Waals surface area contributed by atoms with Crippen LogP contribution in [0.2, 0.25) is 0 Å². The molecule has 0 saturated heterocycles. The topological polar surface area (TPSA) is 227 Å². The third-order valence-corrected chi connectivity index (χ3v) is 32.9. The van der Waals surface area contributed by atoms with Gasteiger partial charge in [-0.25, -0.2) is 28.0 Å². The maximum absolute atomic E-state index is 12.8. The average Bonchev–Trinajstić information content (AvgIpc) is 0.729. The van der Waals surface area contributed by atoms with E-state index in [9.17, 15) is 46.3 Å². The summed E-state index contributed by atoms with van der Waals surface area (Å²) >= 11 is 0. The Bertz CT molecular complexity index is 4310. The predicted octanol–water partition coefficient (Wildman–Crippen LogP) is 16.7. The van der Waals surface area contributed by atoms with Crippen LogP contribution >= 0.6 is 0 Å². The molecule has 17 nitrogen and oxygen atoms in total. The molecule has 16 aliphatic carbocycles. The second kappa shape index (κ2) is 39.8. The summed E-state index contributed by atoms with van der Waals surface area (Å²) in [5.74, 6) is 4.30. The second-order valence-electron chi connectivity index (χ2n) is 37.6. The number of halogens is 4. The van der Waals surface area contributed by atoms with Gasteiger partial charge >= 0.3 is 76.0 Å². The molecular formula is C97H115F4NaO17S3+2. The summed E-state index contributed by atoms with van der Waals surface area (Å²) in [5, 5.41) is 0. The number of rotatable bonds is 24. The van der Waals surface area contributed by atoms with Crippen LogP contribution in [0.1, 0.15) is 184 Å². The quantitative estimate of drug-likeness (QED) is 0.0137. The fourth-order valence-electron chi connectivity index (χ4n) is 24.6. The summed E-state index contributed by atoms with van der Waals surface area (Å²) in [6, 6.07) is 50.5. The molecule has 122 heavy (non-hydrogen) atoms. The maximum atomic E-state index is 12.8. The van der Waals surface area contributed by atoms with Gasteiger partial charge in [-0.2, -0.15) is 0 Å². The zero-order valence-electron chi connectivity index (χ0n) is 71.4. The van der Waals surface area contributed by atoms with Crippen LogP contribution in [0.15, 0.2) is 175 Å². The van der Waals surface area contributed by atoms with E-state index >= 15 is 0 Å². The Morgan fingerprint density at radius 1 is 0.385 bits per heavy atom. The molecule has 16 fully saturated rings. The fraction of sp³-hybridized carbons (Fsp3) is 0.557. The van der Waals surface area contributed by atoms with E-state index in [4.69, 9.17) is 50.5 Å². The van der Waals surface area contributed by atoms with Crippen molar-refractivity contribution < 1.29 is 126 Å². The van der Waals surface area contributed by atoms with Crippen molar-refractivity contribution >= 4 is 68.2 Å². The van der Waals surface area contributed by atoms with Crippen molar-refractivity contribution in [2.24, 2.45) is 93.7 Å². The number of carbonyl (C=O) groups is 6. The van der Waals surface area contributed by atoms with E-state index in [0.717, 1.165) is 143 Å². The molecule has 0 atom stereocenters. The fourth-order valence-corrected chi connectivity index (χ4v) is 29.2. The number of hydrogen-bond donors (Lipinski definition) is 0. The van der Waals surface area contributed by atoms with Crippen molar-refractivity contribution in [2.45, 2.75) is 236 Å². The summed E-state index contributed by atoms with van der Waals surface area (Å²) in [6.45, 7) is 10.1. The zero-order chi connectivity index (χ0) is 85.7. The first-order valence-electron chi connectivity index (χ1n) is 43.3. The third kappa shape index (κ3) is 22.2. The largest absolute Gasteiger partial charge is 1.00 e. The Kier molecular flexibility index (Phi) is 30.1. The standard InChI is InChI=1S/2C35H39O5S.C14H20F2O2.C13H17F2O2.Na.O3S/c2*1-23-14-31(41(29-10-6-4-7-11-29)30-12-8-5-9-13-30)15-24(2)34(23)39-21-32(36)38-22-33(37)40-35(3)27-17-25-16-26(19-27)20-28(35)18-25;1-13(15,16)8-18-12(17)14-5-9-2-10(6-14)4-11(3-9)7-14;14-11(15)7-17-12(16)13-4-8-1-9(5-13)3-10(2-8)6-13;;1-4(2)3/h2*4-15,25-28H,16-22H2,1-3H3;9-11H,2-8H2,1H3;8-10H,1-7H2;;/q2*+1;;-1;+1;. The number of esters is 6. The van der Waals surface area contributed by atoms with Crippen molar-refractivity contribution in [2.75, 3.05) is 39.6 Å². The smallest absolute Gasteiger partial charge is 0.493 e. The summed E-state index contributed by atoms with van der Waals surface area (Å²) in [5.41, 5.74) is 2.11. The zero-order valence-corrected chi connectivity index (χ0v) is 75.9. The van der Waals surface area contributed by atoms with Gasteiger partial charge in [0.15, 0.2) is 62.4 Å². The number of ether oxygens (including phenoxy) is 8. The molecule has 22 rings (SSSR count). The van der Waals surface area contributed by atoms with E-state index in [-0.39, 0.29) is 89.7 Å². The van der Waals surface area contributed by atoms with Crippen molar-refractivity contribution in [3.63, 3.8) is 0 Å². The minimum Gasteiger partial charge on any atom is -0.493 e. The van der Waals surface area contributed by atoms with E-state index in [1.54, 1.807) is 0 Å². The Balaban J connectivity index is 0.000000147. The van der Waals surface area contributed by atoms with Gasteiger partial charge < -0.3 is 46.7 Å². The van der Waals surface area contributed by atoms with Gasteiger partial charge in [-0.05, 0) is 336 Å². The summed E-state index contributed by atoms with van der Waals surface area (Å²) in [6.07, 6.45) is 22.7. The Morgan fingerprint density at radius 2 is 0.639 bits per heavy atom. The van der Waals surface area contributed by atoms with Crippen LogP contribution < -0.4 is 39.0 Å². The normalized spacial score (nSPS) is 30.0. The van der Waals surface area contributed by atoms with Crippen LogP contribution in [-0.4, -0.2) is 105 Å². The van der Waals surface area contributed by atoms with Gasteiger partial charge in [0.1, 0.15) is 22.7 Å². The van der Waals surface area contributed by atoms with E-state index < -0.39 is 82.1 Å². The monoisotopic (exact) mass is 1750 g/mol. The molecule has 0 unspecified atom stereocenters. The molecule has 0 radical (unpaired) electrons. The van der Waals surface area contributed by atoms with Crippen molar-refractivity contribution in [1.82, 2.24) is 0 Å². The van der Waals surface area contributed by atoms with E-state index in [1.807, 2.05) is 52.0 Å². The molecule has 0 spiro atoms. The first kappa shape index (κ1) is 92.4. The number of carbonyl (C=O) groups excluding carboxylic acids is 6. The molecule has 650 valence electrons. The van der Waals surface area contributed by atoms with E-state index in [1.165, 1.54) is 80.7 Å². The van der Waals surface area contributed by atoms with E-state index in [0.29, 0.717) is 70.7 Å².